The van der Waals surface area contributed by atoms with E-state index < -0.39 is 0 Å². The second kappa shape index (κ2) is 3.04. The van der Waals surface area contributed by atoms with Gasteiger partial charge in [0, 0.05) is 5.92 Å². The molecule has 1 amide bonds. The minimum absolute atomic E-state index is 0.0301. The number of primary amides is 1. The van der Waals surface area contributed by atoms with Gasteiger partial charge in [0.25, 0.3) is 0 Å². The molecule has 0 aromatic carbocycles. The molecule has 0 spiro atoms. The molecule has 0 rings (SSSR count). The molecule has 10 heavy (non-hydrogen) atoms. The normalized spacial score (nSPS) is 14.8. The lowest BCUT2D eigenvalue weighted by molar-refractivity contribution is -0.124. The Morgan fingerprint density at radius 2 is 2.00 bits per heavy atom. The van der Waals surface area contributed by atoms with E-state index in [1.54, 1.807) is 0 Å². The minimum atomic E-state index is -0.202. The van der Waals surface area contributed by atoms with E-state index in [1.165, 1.54) is 0 Å². The highest BCUT2D eigenvalue weighted by Gasteiger charge is 2.27. The van der Waals surface area contributed by atoms with E-state index in [0.717, 1.165) is 6.42 Å². The van der Waals surface area contributed by atoms with Crippen molar-refractivity contribution in [1.29, 1.82) is 0 Å². The number of carbonyl (C=O) groups is 1. The van der Waals surface area contributed by atoms with Crippen LogP contribution in [-0.4, -0.2) is 5.91 Å². The van der Waals surface area contributed by atoms with Gasteiger partial charge in [-0.25, -0.2) is 0 Å². The Bertz CT molecular complexity index is 129. The fraction of sp³-hybridized carbons (Fsp3) is 0.875. The number of amides is 1. The van der Waals surface area contributed by atoms with Gasteiger partial charge in [0.05, 0.1) is 0 Å². The van der Waals surface area contributed by atoms with Gasteiger partial charge in [-0.05, 0) is 5.41 Å². The lowest BCUT2D eigenvalue weighted by Gasteiger charge is -2.27. The van der Waals surface area contributed by atoms with Crippen LogP contribution in [0, 0.1) is 11.3 Å². The molecule has 0 aliphatic carbocycles. The van der Waals surface area contributed by atoms with Crippen molar-refractivity contribution in [3.8, 4) is 0 Å². The summed E-state index contributed by atoms with van der Waals surface area (Å²) >= 11 is 0. The van der Waals surface area contributed by atoms with Gasteiger partial charge >= 0.3 is 0 Å². The Morgan fingerprint density at radius 1 is 1.60 bits per heavy atom. The molecule has 2 nitrogen and oxygen atoms in total. The number of nitrogens with two attached hydrogens (primary N) is 1. The molecule has 0 aromatic heterocycles. The van der Waals surface area contributed by atoms with Gasteiger partial charge in [0.15, 0.2) is 0 Å². The van der Waals surface area contributed by atoms with E-state index in [0.29, 0.717) is 0 Å². The van der Waals surface area contributed by atoms with E-state index in [-0.39, 0.29) is 17.2 Å². The highest BCUT2D eigenvalue weighted by molar-refractivity contribution is 5.76. The number of carbonyl (C=O) groups excluding carboxylic acids is 1. The number of hydrogen-bond donors (Lipinski definition) is 1. The summed E-state index contributed by atoms with van der Waals surface area (Å²) in [6, 6.07) is 0. The molecule has 1 atom stereocenters. The summed E-state index contributed by atoms with van der Waals surface area (Å²) in [6.45, 7) is 8.07. The van der Waals surface area contributed by atoms with Crippen LogP contribution in [0.15, 0.2) is 0 Å². The fourth-order valence-corrected chi connectivity index (χ4v) is 0.691. The third kappa shape index (κ3) is 2.01. The quantitative estimate of drug-likeness (QED) is 0.640. The van der Waals surface area contributed by atoms with Crippen LogP contribution in [0.2, 0.25) is 0 Å². The Labute approximate surface area is 62.8 Å². The topological polar surface area (TPSA) is 43.1 Å². The van der Waals surface area contributed by atoms with Gasteiger partial charge in [-0.1, -0.05) is 34.1 Å². The molecule has 0 saturated carbocycles. The van der Waals surface area contributed by atoms with E-state index in [9.17, 15) is 4.79 Å². The highest BCUT2D eigenvalue weighted by atomic mass is 16.1. The minimum Gasteiger partial charge on any atom is -0.369 e. The lowest BCUT2D eigenvalue weighted by Crippen LogP contribution is -2.32. The lowest BCUT2D eigenvalue weighted by atomic mass is 9.77. The van der Waals surface area contributed by atoms with Crippen LogP contribution in [0.3, 0.4) is 0 Å². The van der Waals surface area contributed by atoms with Gasteiger partial charge in [-0.15, -0.1) is 0 Å². The first-order chi connectivity index (χ1) is 4.41. The zero-order valence-corrected chi connectivity index (χ0v) is 7.27. The first kappa shape index (κ1) is 9.47. The predicted molar refractivity (Wildman–Crippen MR) is 42.4 cm³/mol. The molecule has 0 heterocycles. The summed E-state index contributed by atoms with van der Waals surface area (Å²) in [5.74, 6) is -0.232. The number of rotatable bonds is 3. The molecular formula is C8H17NO. The first-order valence-corrected chi connectivity index (χ1v) is 3.71. The van der Waals surface area contributed by atoms with E-state index in [1.807, 2.05) is 6.92 Å². The molecular weight excluding hydrogens is 126 g/mol. The van der Waals surface area contributed by atoms with Crippen LogP contribution < -0.4 is 5.73 Å². The second-order valence-corrected chi connectivity index (χ2v) is 3.47. The Morgan fingerprint density at radius 3 is 2.10 bits per heavy atom. The van der Waals surface area contributed by atoms with Crippen molar-refractivity contribution >= 4 is 5.91 Å². The predicted octanol–water partition coefficient (Wildman–Crippen LogP) is 1.54. The van der Waals surface area contributed by atoms with Crippen LogP contribution in [-0.2, 0) is 4.79 Å². The standard InChI is InChI=1S/C8H17NO/c1-5-8(3,4)6(2)7(9)10/h6H,5H2,1-4H3,(H2,9,10). The van der Waals surface area contributed by atoms with Gasteiger partial charge < -0.3 is 5.73 Å². The van der Waals surface area contributed by atoms with Crippen molar-refractivity contribution in [2.24, 2.45) is 17.1 Å². The molecule has 0 radical (unpaired) electrons. The summed E-state index contributed by atoms with van der Waals surface area (Å²) in [4.78, 5) is 10.7. The molecule has 0 fully saturated rings. The largest absolute Gasteiger partial charge is 0.369 e. The SMILES string of the molecule is CCC(C)(C)C(C)C(N)=O. The smallest absolute Gasteiger partial charge is 0.220 e. The molecule has 0 bridgehead atoms. The second-order valence-electron chi connectivity index (χ2n) is 3.47. The molecule has 2 heteroatoms. The van der Waals surface area contributed by atoms with Crippen LogP contribution in [0.5, 0.6) is 0 Å². The van der Waals surface area contributed by atoms with Crippen LogP contribution >= 0.6 is 0 Å². The van der Waals surface area contributed by atoms with Crippen molar-refractivity contribution in [3.05, 3.63) is 0 Å². The summed E-state index contributed by atoms with van der Waals surface area (Å²) in [7, 11) is 0. The van der Waals surface area contributed by atoms with E-state index >= 15 is 0 Å². The average Bonchev–Trinajstić information content (AvgIpc) is 1.86. The average molecular weight is 143 g/mol. The summed E-state index contributed by atoms with van der Waals surface area (Å²) in [6.07, 6.45) is 0.983. The van der Waals surface area contributed by atoms with Crippen molar-refractivity contribution in [1.82, 2.24) is 0 Å². The highest BCUT2D eigenvalue weighted by Crippen LogP contribution is 2.29. The molecule has 0 saturated heterocycles. The Balaban J connectivity index is 4.17. The van der Waals surface area contributed by atoms with Crippen molar-refractivity contribution < 1.29 is 4.79 Å². The van der Waals surface area contributed by atoms with Crippen LogP contribution in [0.4, 0.5) is 0 Å². The van der Waals surface area contributed by atoms with E-state index in [4.69, 9.17) is 5.73 Å². The number of hydrogen-bond acceptors (Lipinski definition) is 1. The third-order valence-electron chi connectivity index (χ3n) is 2.51. The van der Waals surface area contributed by atoms with Crippen molar-refractivity contribution in [2.45, 2.75) is 34.1 Å². The molecule has 2 N–H and O–H groups in total. The molecule has 0 aliphatic heterocycles. The zero-order chi connectivity index (χ0) is 8.36. The van der Waals surface area contributed by atoms with Crippen LogP contribution in [0.25, 0.3) is 0 Å². The van der Waals surface area contributed by atoms with Gasteiger partial charge in [-0.3, -0.25) is 4.79 Å². The van der Waals surface area contributed by atoms with Crippen molar-refractivity contribution in [2.75, 3.05) is 0 Å². The Kier molecular flexibility index (Phi) is 2.88. The van der Waals surface area contributed by atoms with Crippen LogP contribution in [0.1, 0.15) is 34.1 Å². The maximum atomic E-state index is 10.7. The third-order valence-corrected chi connectivity index (χ3v) is 2.51. The molecule has 0 aliphatic rings. The van der Waals surface area contributed by atoms with E-state index in [2.05, 4.69) is 20.8 Å². The molecule has 1 unspecified atom stereocenters. The molecule has 60 valence electrons. The fourth-order valence-electron chi connectivity index (χ4n) is 0.691. The summed E-state index contributed by atoms with van der Waals surface area (Å²) < 4.78 is 0. The van der Waals surface area contributed by atoms with Gasteiger partial charge in [0.2, 0.25) is 5.91 Å². The van der Waals surface area contributed by atoms with Crippen molar-refractivity contribution in [3.63, 3.8) is 0 Å². The molecule has 0 aromatic rings. The Hall–Kier alpha value is -0.530. The zero-order valence-electron chi connectivity index (χ0n) is 7.27. The maximum absolute atomic E-state index is 10.7. The summed E-state index contributed by atoms with van der Waals surface area (Å²) in [5.41, 5.74) is 5.21. The van der Waals surface area contributed by atoms with Gasteiger partial charge in [0.1, 0.15) is 0 Å². The maximum Gasteiger partial charge on any atom is 0.220 e. The summed E-state index contributed by atoms with van der Waals surface area (Å²) in [5, 5.41) is 0. The monoisotopic (exact) mass is 143 g/mol. The first-order valence-electron chi connectivity index (χ1n) is 3.71. The van der Waals surface area contributed by atoms with Gasteiger partial charge in [-0.2, -0.15) is 0 Å².